The van der Waals surface area contributed by atoms with Crippen LogP contribution in [0.5, 0.6) is 5.75 Å². The molecule has 2 aromatic carbocycles. The van der Waals surface area contributed by atoms with Crippen LogP contribution in [0.3, 0.4) is 0 Å². The third-order valence-corrected chi connectivity index (χ3v) is 8.74. The smallest absolute Gasteiger partial charge is 0.387 e. The number of benzene rings is 2. The van der Waals surface area contributed by atoms with Gasteiger partial charge in [0.2, 0.25) is 0 Å². The van der Waals surface area contributed by atoms with Crippen LogP contribution in [-0.4, -0.2) is 21.6 Å². The fourth-order valence-electron chi connectivity index (χ4n) is 4.06. The first kappa shape index (κ1) is 21.9. The minimum atomic E-state index is -3.04. The van der Waals surface area contributed by atoms with E-state index in [9.17, 15) is 17.6 Å². The van der Waals surface area contributed by atoms with Gasteiger partial charge in [0.15, 0.2) is 11.6 Å². The van der Waals surface area contributed by atoms with Gasteiger partial charge in [0.25, 0.3) is 0 Å². The number of halogens is 4. The molecule has 1 aliphatic rings. The maximum atomic E-state index is 14.0. The van der Waals surface area contributed by atoms with Crippen molar-refractivity contribution in [2.24, 2.45) is 0 Å². The third kappa shape index (κ3) is 6.33. The Bertz CT molecular complexity index is 771. The molecule has 2 aromatic rings. The summed E-state index contributed by atoms with van der Waals surface area (Å²) in [7, 11) is -0.325. The summed E-state index contributed by atoms with van der Waals surface area (Å²) in [4.78, 5) is 0. The molecular formula is C23H27F4OSi. The second kappa shape index (κ2) is 10.3. The van der Waals surface area contributed by atoms with Crippen molar-refractivity contribution >= 4 is 8.80 Å². The van der Waals surface area contributed by atoms with Crippen LogP contribution < -0.4 is 4.74 Å². The zero-order chi connectivity index (χ0) is 20.8. The van der Waals surface area contributed by atoms with E-state index in [1.807, 2.05) is 12.1 Å². The first-order valence-corrected chi connectivity index (χ1v) is 12.4. The van der Waals surface area contributed by atoms with Crippen LogP contribution in [0.1, 0.15) is 44.1 Å². The SMILES string of the molecule is CC(F)CCC[Si]1CCC(c2ccc(-c3ccc(OC(F)F)c(F)c3)cc2)CC1. The van der Waals surface area contributed by atoms with Gasteiger partial charge >= 0.3 is 6.61 Å². The average Bonchev–Trinajstić information content (AvgIpc) is 2.70. The van der Waals surface area contributed by atoms with Crippen molar-refractivity contribution in [1.29, 1.82) is 0 Å². The van der Waals surface area contributed by atoms with E-state index in [1.54, 1.807) is 13.0 Å². The van der Waals surface area contributed by atoms with Crippen molar-refractivity contribution in [3.8, 4) is 16.9 Å². The molecule has 3 rings (SSSR count). The lowest BCUT2D eigenvalue weighted by atomic mass is 9.92. The molecule has 1 saturated heterocycles. The summed E-state index contributed by atoms with van der Waals surface area (Å²) in [5.41, 5.74) is 2.77. The van der Waals surface area contributed by atoms with E-state index in [0.29, 0.717) is 17.9 Å². The predicted octanol–water partition coefficient (Wildman–Crippen LogP) is 7.60. The van der Waals surface area contributed by atoms with Crippen LogP contribution in [0.4, 0.5) is 17.6 Å². The molecule has 1 nitrogen and oxygen atoms in total. The average molecular weight is 424 g/mol. The van der Waals surface area contributed by atoms with Crippen molar-refractivity contribution in [2.75, 3.05) is 0 Å². The van der Waals surface area contributed by atoms with Crippen LogP contribution in [0.2, 0.25) is 18.1 Å². The predicted molar refractivity (Wildman–Crippen MR) is 110 cm³/mol. The summed E-state index contributed by atoms with van der Waals surface area (Å²) >= 11 is 0. The second-order valence-corrected chi connectivity index (χ2v) is 10.8. The third-order valence-electron chi connectivity index (χ3n) is 5.69. The van der Waals surface area contributed by atoms with Crippen molar-refractivity contribution in [2.45, 2.75) is 69.4 Å². The number of hydrogen-bond acceptors (Lipinski definition) is 1. The molecule has 0 aliphatic carbocycles. The fraction of sp³-hybridized carbons (Fsp3) is 0.478. The largest absolute Gasteiger partial charge is 0.432 e. The first-order valence-electron chi connectivity index (χ1n) is 10.2. The van der Waals surface area contributed by atoms with Gasteiger partial charge < -0.3 is 4.74 Å². The van der Waals surface area contributed by atoms with E-state index in [1.165, 1.54) is 48.7 Å². The summed E-state index contributed by atoms with van der Waals surface area (Å²) in [5, 5.41) is 0. The van der Waals surface area contributed by atoms with Crippen LogP contribution in [-0.2, 0) is 0 Å². The summed E-state index contributed by atoms with van der Waals surface area (Å²) in [6.45, 7) is -1.41. The van der Waals surface area contributed by atoms with Crippen molar-refractivity contribution in [3.63, 3.8) is 0 Å². The van der Waals surface area contributed by atoms with E-state index in [4.69, 9.17) is 0 Å². The van der Waals surface area contributed by atoms with Gasteiger partial charge in [-0.05, 0) is 60.9 Å². The minimum absolute atomic E-state index is 0.325. The summed E-state index contributed by atoms with van der Waals surface area (Å²) < 4.78 is 55.6. The van der Waals surface area contributed by atoms with E-state index in [2.05, 4.69) is 16.9 Å². The monoisotopic (exact) mass is 423 g/mol. The van der Waals surface area contributed by atoms with E-state index in [-0.39, 0.29) is 8.80 Å². The Labute approximate surface area is 171 Å². The summed E-state index contributed by atoms with van der Waals surface area (Å²) in [5.74, 6) is -0.686. The zero-order valence-electron chi connectivity index (χ0n) is 16.6. The molecule has 29 heavy (non-hydrogen) atoms. The Hall–Kier alpha value is -1.82. The van der Waals surface area contributed by atoms with Crippen LogP contribution in [0.25, 0.3) is 11.1 Å². The quantitative estimate of drug-likeness (QED) is 0.314. The van der Waals surface area contributed by atoms with Crippen LogP contribution in [0.15, 0.2) is 42.5 Å². The Balaban J connectivity index is 1.56. The molecular weight excluding hydrogens is 396 g/mol. The molecule has 0 bridgehead atoms. The molecule has 0 amide bonds. The Morgan fingerprint density at radius 1 is 1.00 bits per heavy atom. The highest BCUT2D eigenvalue weighted by Gasteiger charge is 2.23. The maximum absolute atomic E-state index is 14.0. The van der Waals surface area contributed by atoms with E-state index < -0.39 is 24.3 Å². The second-order valence-electron chi connectivity index (χ2n) is 7.84. The van der Waals surface area contributed by atoms with Gasteiger partial charge in [0.1, 0.15) is 0 Å². The lowest BCUT2D eigenvalue weighted by Gasteiger charge is -2.28. The molecule has 6 heteroatoms. The van der Waals surface area contributed by atoms with Gasteiger partial charge in [0, 0.05) is 8.80 Å². The molecule has 0 spiro atoms. The van der Waals surface area contributed by atoms with E-state index >= 15 is 0 Å². The Morgan fingerprint density at radius 2 is 1.66 bits per heavy atom. The molecule has 1 radical (unpaired) electrons. The first-order chi connectivity index (χ1) is 13.9. The fourth-order valence-corrected chi connectivity index (χ4v) is 7.03. The highest BCUT2D eigenvalue weighted by Crippen LogP contribution is 2.36. The van der Waals surface area contributed by atoms with Crippen molar-refractivity contribution in [3.05, 3.63) is 53.8 Å². The maximum Gasteiger partial charge on any atom is 0.387 e. The Kier molecular flexibility index (Phi) is 7.75. The molecule has 1 fully saturated rings. The topological polar surface area (TPSA) is 9.23 Å². The summed E-state index contributed by atoms with van der Waals surface area (Å²) in [6, 6.07) is 15.9. The molecule has 1 aliphatic heterocycles. The Morgan fingerprint density at radius 3 is 2.24 bits per heavy atom. The standard InChI is InChI=1S/C23H27F4OSi/c1-16(24)3-2-12-29-13-10-19(11-14-29)17-4-6-18(7-5-17)20-8-9-22(21(25)15-20)28-23(26)27/h4-9,15-16,19,23H,2-3,10-14H2,1H3. The molecule has 0 aromatic heterocycles. The van der Waals surface area contributed by atoms with Gasteiger partial charge in [-0.2, -0.15) is 8.78 Å². The molecule has 1 atom stereocenters. The number of alkyl halides is 3. The zero-order valence-corrected chi connectivity index (χ0v) is 17.6. The number of hydrogen-bond donors (Lipinski definition) is 0. The molecule has 1 heterocycles. The van der Waals surface area contributed by atoms with Crippen LogP contribution >= 0.6 is 0 Å². The highest BCUT2D eigenvalue weighted by atomic mass is 28.3. The lowest BCUT2D eigenvalue weighted by Crippen LogP contribution is -2.20. The minimum Gasteiger partial charge on any atom is -0.432 e. The van der Waals surface area contributed by atoms with Gasteiger partial charge in [0.05, 0.1) is 6.17 Å². The van der Waals surface area contributed by atoms with Crippen molar-refractivity contribution in [1.82, 2.24) is 0 Å². The highest BCUT2D eigenvalue weighted by molar-refractivity contribution is 6.59. The van der Waals surface area contributed by atoms with Gasteiger partial charge in [-0.15, -0.1) is 0 Å². The van der Waals surface area contributed by atoms with Gasteiger partial charge in [-0.25, -0.2) is 8.78 Å². The molecule has 157 valence electrons. The summed E-state index contributed by atoms with van der Waals surface area (Å²) in [6.07, 6.45) is 3.40. The lowest BCUT2D eigenvalue weighted by molar-refractivity contribution is -0.0521. The van der Waals surface area contributed by atoms with Crippen molar-refractivity contribution < 1.29 is 22.3 Å². The molecule has 1 unspecified atom stereocenters. The van der Waals surface area contributed by atoms with Crippen LogP contribution in [0, 0.1) is 5.82 Å². The number of rotatable bonds is 8. The van der Waals surface area contributed by atoms with Gasteiger partial charge in [-0.3, -0.25) is 0 Å². The van der Waals surface area contributed by atoms with E-state index in [0.717, 1.165) is 12.0 Å². The number of ether oxygens (including phenoxy) is 1. The normalized spacial score (nSPS) is 16.9. The van der Waals surface area contributed by atoms with Gasteiger partial charge in [-0.1, -0.05) is 54.9 Å². The molecule has 0 saturated carbocycles. The molecule has 0 N–H and O–H groups in total.